The summed E-state index contributed by atoms with van der Waals surface area (Å²) in [5, 5.41) is 12.5. The van der Waals surface area contributed by atoms with Crippen molar-refractivity contribution in [1.82, 2.24) is 0 Å². The summed E-state index contributed by atoms with van der Waals surface area (Å²) in [6, 6.07) is 9.07. The van der Waals surface area contributed by atoms with Gasteiger partial charge in [0.2, 0.25) is 0 Å². The fourth-order valence-electron chi connectivity index (χ4n) is 2.53. The van der Waals surface area contributed by atoms with E-state index in [1.807, 2.05) is 26.0 Å². The average molecular weight is 398 g/mol. The molecule has 2 aromatic rings. The lowest BCUT2D eigenvalue weighted by atomic mass is 10.1. The van der Waals surface area contributed by atoms with E-state index in [4.69, 9.17) is 9.47 Å². The molecule has 2 rings (SSSR count). The quantitative estimate of drug-likeness (QED) is 0.422. The van der Waals surface area contributed by atoms with E-state index >= 15 is 0 Å². The standard InChI is InChI=1S/C21H22N2O4S/c1-5-26-17-10-8-7-9-15(17)11-16(12-22)19(24)23-20-18(21(25)27-6-2)13(3)14(4)28-20/h7-11H,5-6H2,1-4H3,(H,23,24). The lowest BCUT2D eigenvalue weighted by Crippen LogP contribution is -2.16. The summed E-state index contributed by atoms with van der Waals surface area (Å²) in [5.41, 5.74) is 1.61. The lowest BCUT2D eigenvalue weighted by molar-refractivity contribution is -0.112. The van der Waals surface area contributed by atoms with Crippen LogP contribution in [0.15, 0.2) is 29.8 Å². The molecule has 0 aliphatic rings. The van der Waals surface area contributed by atoms with Crippen LogP contribution in [0, 0.1) is 25.2 Å². The van der Waals surface area contributed by atoms with Gasteiger partial charge >= 0.3 is 5.97 Å². The summed E-state index contributed by atoms with van der Waals surface area (Å²) in [7, 11) is 0. The first-order chi connectivity index (χ1) is 13.4. The Balaban J connectivity index is 2.35. The second-order valence-electron chi connectivity index (χ2n) is 5.80. The molecule has 6 nitrogen and oxygen atoms in total. The fraction of sp³-hybridized carbons (Fsp3) is 0.286. The first-order valence-corrected chi connectivity index (χ1v) is 9.66. The summed E-state index contributed by atoms with van der Waals surface area (Å²) >= 11 is 1.27. The van der Waals surface area contributed by atoms with Crippen LogP contribution in [0.25, 0.3) is 6.08 Å². The largest absolute Gasteiger partial charge is 0.493 e. The summed E-state index contributed by atoms with van der Waals surface area (Å²) in [6.07, 6.45) is 1.47. The number of thiophene rings is 1. The maximum atomic E-state index is 12.7. The number of nitriles is 1. The van der Waals surface area contributed by atoms with E-state index in [0.29, 0.717) is 28.5 Å². The normalized spacial score (nSPS) is 10.9. The average Bonchev–Trinajstić information content (AvgIpc) is 2.94. The van der Waals surface area contributed by atoms with Crippen molar-refractivity contribution in [2.45, 2.75) is 27.7 Å². The molecule has 1 aromatic heterocycles. The number of para-hydroxylation sites is 1. The van der Waals surface area contributed by atoms with E-state index in [-0.39, 0.29) is 12.2 Å². The van der Waals surface area contributed by atoms with Crippen LogP contribution in [-0.4, -0.2) is 25.1 Å². The SMILES string of the molecule is CCOC(=O)c1c(NC(=O)C(C#N)=Cc2ccccc2OCC)sc(C)c1C. The van der Waals surface area contributed by atoms with Crippen LogP contribution in [0.3, 0.4) is 0 Å². The third-order valence-corrected chi connectivity index (χ3v) is 5.10. The van der Waals surface area contributed by atoms with Gasteiger partial charge in [-0.15, -0.1) is 11.3 Å². The number of rotatable bonds is 7. The predicted molar refractivity (Wildman–Crippen MR) is 110 cm³/mol. The van der Waals surface area contributed by atoms with Crippen molar-refractivity contribution in [2.24, 2.45) is 0 Å². The highest BCUT2D eigenvalue weighted by atomic mass is 32.1. The highest BCUT2D eigenvalue weighted by molar-refractivity contribution is 7.16. The van der Waals surface area contributed by atoms with Gasteiger partial charge in [-0.3, -0.25) is 4.79 Å². The van der Waals surface area contributed by atoms with Crippen LogP contribution in [0.1, 0.15) is 40.2 Å². The van der Waals surface area contributed by atoms with Gasteiger partial charge in [0.15, 0.2) is 0 Å². The molecule has 1 N–H and O–H groups in total. The van der Waals surface area contributed by atoms with Gasteiger partial charge in [0.05, 0.1) is 18.8 Å². The number of amides is 1. The predicted octanol–water partition coefficient (Wildman–Crippen LogP) is 4.49. The van der Waals surface area contributed by atoms with Crippen LogP contribution in [0.5, 0.6) is 5.75 Å². The summed E-state index contributed by atoms with van der Waals surface area (Å²) < 4.78 is 10.6. The Morgan fingerprint density at radius 2 is 1.93 bits per heavy atom. The van der Waals surface area contributed by atoms with E-state index in [9.17, 15) is 14.9 Å². The molecule has 0 aliphatic heterocycles. The highest BCUT2D eigenvalue weighted by Crippen LogP contribution is 2.33. The van der Waals surface area contributed by atoms with Gasteiger partial charge in [0.1, 0.15) is 22.4 Å². The molecular weight excluding hydrogens is 376 g/mol. The number of hydrogen-bond donors (Lipinski definition) is 1. The first kappa shape index (κ1) is 21.2. The fourth-order valence-corrected chi connectivity index (χ4v) is 3.57. The van der Waals surface area contributed by atoms with Crippen molar-refractivity contribution >= 4 is 34.3 Å². The minimum Gasteiger partial charge on any atom is -0.493 e. The number of anilines is 1. The van der Waals surface area contributed by atoms with Gasteiger partial charge in [0.25, 0.3) is 5.91 Å². The zero-order chi connectivity index (χ0) is 20.7. The number of aryl methyl sites for hydroxylation is 1. The Hall–Kier alpha value is -3.11. The van der Waals surface area contributed by atoms with E-state index < -0.39 is 11.9 Å². The zero-order valence-corrected chi connectivity index (χ0v) is 17.1. The second kappa shape index (κ2) is 9.72. The third-order valence-electron chi connectivity index (χ3n) is 3.98. The van der Waals surface area contributed by atoms with Crippen LogP contribution in [0.4, 0.5) is 5.00 Å². The third kappa shape index (κ3) is 4.78. The van der Waals surface area contributed by atoms with Crippen LogP contribution < -0.4 is 10.1 Å². The molecule has 146 valence electrons. The van der Waals surface area contributed by atoms with Gasteiger partial charge in [-0.2, -0.15) is 5.26 Å². The summed E-state index contributed by atoms with van der Waals surface area (Å²) in [5.74, 6) is -0.509. The maximum Gasteiger partial charge on any atom is 0.341 e. The van der Waals surface area contributed by atoms with Gasteiger partial charge in [0, 0.05) is 10.4 Å². The van der Waals surface area contributed by atoms with Gasteiger partial charge in [-0.1, -0.05) is 18.2 Å². The van der Waals surface area contributed by atoms with Crippen LogP contribution >= 0.6 is 11.3 Å². The minimum absolute atomic E-state index is 0.0920. The monoisotopic (exact) mass is 398 g/mol. The Labute approximate surface area is 168 Å². The maximum absolute atomic E-state index is 12.7. The van der Waals surface area contributed by atoms with E-state index in [2.05, 4.69) is 5.32 Å². The van der Waals surface area contributed by atoms with Crippen molar-refractivity contribution in [3.8, 4) is 11.8 Å². The Morgan fingerprint density at radius 3 is 2.57 bits per heavy atom. The molecular formula is C21H22N2O4S. The lowest BCUT2D eigenvalue weighted by Gasteiger charge is -2.08. The molecule has 28 heavy (non-hydrogen) atoms. The molecule has 0 aliphatic carbocycles. The molecule has 0 saturated carbocycles. The molecule has 0 bridgehead atoms. The molecule has 7 heteroatoms. The molecule has 1 amide bonds. The number of hydrogen-bond acceptors (Lipinski definition) is 6. The molecule has 0 unspecified atom stereocenters. The van der Waals surface area contributed by atoms with E-state index in [1.165, 1.54) is 17.4 Å². The number of ether oxygens (including phenoxy) is 2. The molecule has 0 fully saturated rings. The number of carbonyl (C=O) groups excluding carboxylic acids is 2. The molecule has 0 spiro atoms. The first-order valence-electron chi connectivity index (χ1n) is 8.84. The molecule has 0 radical (unpaired) electrons. The Kier molecular flexibility index (Phi) is 7.36. The number of carbonyl (C=O) groups is 2. The van der Waals surface area contributed by atoms with Gasteiger partial charge < -0.3 is 14.8 Å². The van der Waals surface area contributed by atoms with Crippen molar-refractivity contribution < 1.29 is 19.1 Å². The van der Waals surface area contributed by atoms with Crippen molar-refractivity contribution in [1.29, 1.82) is 5.26 Å². The Bertz CT molecular complexity index is 954. The van der Waals surface area contributed by atoms with Crippen molar-refractivity contribution in [3.63, 3.8) is 0 Å². The summed E-state index contributed by atoms with van der Waals surface area (Å²) in [6.45, 7) is 7.94. The number of nitrogens with zero attached hydrogens (tertiary/aromatic N) is 1. The van der Waals surface area contributed by atoms with Crippen molar-refractivity contribution in [3.05, 3.63) is 51.4 Å². The molecule has 0 saturated heterocycles. The zero-order valence-electron chi connectivity index (χ0n) is 16.3. The molecule has 1 heterocycles. The van der Waals surface area contributed by atoms with Crippen LogP contribution in [-0.2, 0) is 9.53 Å². The Morgan fingerprint density at radius 1 is 1.21 bits per heavy atom. The van der Waals surface area contributed by atoms with E-state index in [1.54, 1.807) is 32.0 Å². The smallest absolute Gasteiger partial charge is 0.341 e. The number of esters is 1. The summed E-state index contributed by atoms with van der Waals surface area (Å²) in [4.78, 5) is 25.8. The number of benzene rings is 1. The van der Waals surface area contributed by atoms with Gasteiger partial charge in [-0.25, -0.2) is 4.79 Å². The number of nitrogens with one attached hydrogen (secondary N) is 1. The topological polar surface area (TPSA) is 88.4 Å². The minimum atomic E-state index is -0.597. The molecule has 0 atom stereocenters. The van der Waals surface area contributed by atoms with Crippen LogP contribution in [0.2, 0.25) is 0 Å². The molecule has 1 aromatic carbocycles. The van der Waals surface area contributed by atoms with Crippen molar-refractivity contribution in [2.75, 3.05) is 18.5 Å². The second-order valence-corrected chi connectivity index (χ2v) is 7.03. The van der Waals surface area contributed by atoms with Gasteiger partial charge in [-0.05, 0) is 45.4 Å². The highest BCUT2D eigenvalue weighted by Gasteiger charge is 2.23. The van der Waals surface area contributed by atoms with E-state index in [0.717, 1.165) is 10.4 Å².